The first-order valence-corrected chi connectivity index (χ1v) is 6.09. The maximum atomic E-state index is 11.4. The van der Waals surface area contributed by atoms with E-state index >= 15 is 0 Å². The van der Waals surface area contributed by atoms with Crippen molar-refractivity contribution in [2.24, 2.45) is 0 Å². The van der Waals surface area contributed by atoms with E-state index in [9.17, 15) is 13.2 Å². The zero-order valence-electron chi connectivity index (χ0n) is 9.00. The summed E-state index contributed by atoms with van der Waals surface area (Å²) in [5.41, 5.74) is 5.75. The number of nitrogens with one attached hydrogen (secondary N) is 2. The van der Waals surface area contributed by atoms with E-state index in [4.69, 9.17) is 5.73 Å². The van der Waals surface area contributed by atoms with Crippen LogP contribution < -0.4 is 15.2 Å². The van der Waals surface area contributed by atoms with Crippen molar-refractivity contribution in [2.75, 3.05) is 17.1 Å². The van der Waals surface area contributed by atoms with E-state index < -0.39 is 16.3 Å². The summed E-state index contributed by atoms with van der Waals surface area (Å²) in [4.78, 5) is 14.6. The molecule has 0 aliphatic carbocycles. The minimum Gasteiger partial charge on any atom is -0.449 e. The number of nitrogen functional groups attached to an aromatic ring is 1. The molecule has 17 heavy (non-hydrogen) atoms. The van der Waals surface area contributed by atoms with E-state index in [0.29, 0.717) is 0 Å². The molecule has 0 saturated heterocycles. The van der Waals surface area contributed by atoms with Gasteiger partial charge >= 0.3 is 16.3 Å². The summed E-state index contributed by atoms with van der Waals surface area (Å²) in [6.07, 6.45) is 1.58. The molecule has 0 saturated carbocycles. The van der Waals surface area contributed by atoms with Gasteiger partial charge in [0.05, 0.1) is 24.2 Å². The summed E-state index contributed by atoms with van der Waals surface area (Å²) in [7, 11) is -4.06. The first kappa shape index (κ1) is 13.0. The quantitative estimate of drug-likeness (QED) is 0.703. The van der Waals surface area contributed by atoms with Crippen LogP contribution in [-0.2, 0) is 14.9 Å². The van der Waals surface area contributed by atoms with Crippen LogP contribution in [0, 0.1) is 0 Å². The second-order valence-electron chi connectivity index (χ2n) is 2.89. The lowest BCUT2D eigenvalue weighted by Gasteiger charge is -2.10. The lowest BCUT2D eigenvalue weighted by Crippen LogP contribution is -2.35. The first-order valence-electron chi connectivity index (χ1n) is 4.61. The Balaban J connectivity index is 2.74. The van der Waals surface area contributed by atoms with Gasteiger partial charge in [0.25, 0.3) is 0 Å². The topological polar surface area (TPSA) is 123 Å². The second-order valence-corrected chi connectivity index (χ2v) is 4.31. The van der Waals surface area contributed by atoms with Gasteiger partial charge in [-0.1, -0.05) is 0 Å². The number of ether oxygens (including phenoxy) is 1. The lowest BCUT2D eigenvalue weighted by molar-refractivity contribution is 0.159. The van der Waals surface area contributed by atoms with E-state index in [1.807, 2.05) is 0 Å². The molecule has 4 N–H and O–H groups in total. The highest BCUT2D eigenvalue weighted by Crippen LogP contribution is 2.15. The molecular weight excluding hydrogens is 248 g/mol. The van der Waals surface area contributed by atoms with Gasteiger partial charge in [-0.2, -0.15) is 8.42 Å². The molecule has 0 aliphatic heterocycles. The summed E-state index contributed by atoms with van der Waals surface area (Å²) in [6, 6.07) is 1.36. The van der Waals surface area contributed by atoms with Crippen molar-refractivity contribution >= 4 is 27.7 Å². The second kappa shape index (κ2) is 5.34. The SMILES string of the molecule is CCOC(=O)NS(=O)(=O)Nc1ccncc1N. The molecule has 1 aromatic heterocycles. The Labute approximate surface area is 98.4 Å². The smallest absolute Gasteiger partial charge is 0.422 e. The number of hydrogen-bond donors (Lipinski definition) is 3. The molecule has 0 bridgehead atoms. The average molecular weight is 260 g/mol. The summed E-state index contributed by atoms with van der Waals surface area (Å²) < 4.78 is 31.0. The predicted molar refractivity (Wildman–Crippen MR) is 61.3 cm³/mol. The third-order valence-corrected chi connectivity index (χ3v) is 2.51. The molecule has 0 aromatic carbocycles. The van der Waals surface area contributed by atoms with Crippen LogP contribution in [0.1, 0.15) is 6.92 Å². The van der Waals surface area contributed by atoms with Gasteiger partial charge in [-0.15, -0.1) is 0 Å². The number of carbonyl (C=O) groups excluding carboxylic acids is 1. The van der Waals surface area contributed by atoms with Crippen LogP contribution in [0.25, 0.3) is 0 Å². The monoisotopic (exact) mass is 260 g/mol. The Morgan fingerprint density at radius 1 is 1.59 bits per heavy atom. The van der Waals surface area contributed by atoms with Crippen LogP contribution in [0.5, 0.6) is 0 Å². The minimum atomic E-state index is -4.06. The molecule has 0 radical (unpaired) electrons. The maximum absolute atomic E-state index is 11.4. The normalized spacial score (nSPS) is 10.6. The molecule has 1 heterocycles. The van der Waals surface area contributed by atoms with Crippen LogP contribution in [-0.4, -0.2) is 26.1 Å². The largest absolute Gasteiger partial charge is 0.449 e. The van der Waals surface area contributed by atoms with Crippen LogP contribution in [0.15, 0.2) is 18.5 Å². The number of pyridine rings is 1. The standard InChI is InChI=1S/C8H12N4O4S/c1-2-16-8(13)12-17(14,15)11-7-3-4-10-5-6(7)9/h3-5H,2,9H2,1H3,(H,10,11)(H,12,13). The number of amides is 1. The molecule has 1 aromatic rings. The molecule has 8 nitrogen and oxygen atoms in total. The van der Waals surface area contributed by atoms with Crippen molar-refractivity contribution in [2.45, 2.75) is 6.92 Å². The maximum Gasteiger partial charge on any atom is 0.422 e. The van der Waals surface area contributed by atoms with E-state index in [2.05, 4.69) is 14.4 Å². The zero-order valence-corrected chi connectivity index (χ0v) is 9.82. The Bertz CT molecular complexity index is 502. The Morgan fingerprint density at radius 3 is 2.88 bits per heavy atom. The Hall–Kier alpha value is -2.03. The fourth-order valence-corrected chi connectivity index (χ4v) is 1.74. The van der Waals surface area contributed by atoms with Gasteiger partial charge < -0.3 is 10.5 Å². The highest BCUT2D eigenvalue weighted by molar-refractivity contribution is 7.91. The molecule has 1 rings (SSSR count). The number of aromatic nitrogens is 1. The summed E-state index contributed by atoms with van der Waals surface area (Å²) in [6.45, 7) is 1.62. The van der Waals surface area contributed by atoms with Crippen LogP contribution in [0.4, 0.5) is 16.2 Å². The molecule has 0 spiro atoms. The fraction of sp³-hybridized carbons (Fsp3) is 0.250. The molecular formula is C8H12N4O4S. The third-order valence-electron chi connectivity index (χ3n) is 1.59. The molecule has 0 aliphatic rings. The molecule has 94 valence electrons. The average Bonchev–Trinajstić information content (AvgIpc) is 2.20. The van der Waals surface area contributed by atoms with E-state index in [1.54, 1.807) is 11.6 Å². The molecule has 0 unspecified atom stereocenters. The molecule has 0 atom stereocenters. The highest BCUT2D eigenvalue weighted by atomic mass is 32.2. The van der Waals surface area contributed by atoms with Gasteiger partial charge in [-0.25, -0.2) is 9.52 Å². The highest BCUT2D eigenvalue weighted by Gasteiger charge is 2.15. The fourth-order valence-electron chi connectivity index (χ4n) is 0.940. The number of anilines is 2. The van der Waals surface area contributed by atoms with Gasteiger partial charge in [0, 0.05) is 6.20 Å². The summed E-state index contributed by atoms with van der Waals surface area (Å²) >= 11 is 0. The van der Waals surface area contributed by atoms with Crippen molar-refractivity contribution < 1.29 is 17.9 Å². The van der Waals surface area contributed by atoms with Gasteiger partial charge in [0.1, 0.15) is 0 Å². The number of hydrogen-bond acceptors (Lipinski definition) is 6. The van der Waals surface area contributed by atoms with E-state index in [-0.39, 0.29) is 18.0 Å². The van der Waals surface area contributed by atoms with Gasteiger partial charge in [0.15, 0.2) is 0 Å². The number of nitrogens with zero attached hydrogens (tertiary/aromatic N) is 1. The number of rotatable bonds is 4. The zero-order chi connectivity index (χ0) is 12.9. The number of nitrogens with two attached hydrogens (primary N) is 1. The van der Waals surface area contributed by atoms with Crippen molar-refractivity contribution in [3.63, 3.8) is 0 Å². The first-order chi connectivity index (χ1) is 7.94. The van der Waals surface area contributed by atoms with E-state index in [1.165, 1.54) is 18.5 Å². The summed E-state index contributed by atoms with van der Waals surface area (Å²) in [5, 5.41) is 0. The van der Waals surface area contributed by atoms with Crippen LogP contribution in [0.2, 0.25) is 0 Å². The number of carbonyl (C=O) groups is 1. The lowest BCUT2D eigenvalue weighted by atomic mass is 10.4. The molecule has 1 amide bonds. The van der Waals surface area contributed by atoms with Crippen LogP contribution >= 0.6 is 0 Å². The van der Waals surface area contributed by atoms with Crippen molar-refractivity contribution in [1.82, 2.24) is 9.71 Å². The van der Waals surface area contributed by atoms with Crippen LogP contribution in [0.3, 0.4) is 0 Å². The van der Waals surface area contributed by atoms with Crippen molar-refractivity contribution in [1.29, 1.82) is 0 Å². The van der Waals surface area contributed by atoms with Gasteiger partial charge in [0.2, 0.25) is 0 Å². The Kier molecular flexibility index (Phi) is 4.10. The van der Waals surface area contributed by atoms with E-state index in [0.717, 1.165) is 0 Å². The predicted octanol–water partition coefficient (Wildman–Crippen LogP) is 0.0666. The Morgan fingerprint density at radius 2 is 2.29 bits per heavy atom. The molecule has 0 fully saturated rings. The molecule has 9 heteroatoms. The van der Waals surface area contributed by atoms with Crippen molar-refractivity contribution in [3.8, 4) is 0 Å². The van der Waals surface area contributed by atoms with Gasteiger partial charge in [-0.3, -0.25) is 9.71 Å². The van der Waals surface area contributed by atoms with Crippen molar-refractivity contribution in [3.05, 3.63) is 18.5 Å². The third kappa shape index (κ3) is 4.15. The minimum absolute atomic E-state index is 0.0682. The van der Waals surface area contributed by atoms with Gasteiger partial charge in [-0.05, 0) is 13.0 Å². The summed E-state index contributed by atoms with van der Waals surface area (Å²) in [5.74, 6) is 0.